The molecule has 3 heteroatoms. The van der Waals surface area contributed by atoms with Gasteiger partial charge in [0, 0.05) is 21.0 Å². The zero-order valence-electron chi connectivity index (χ0n) is 6.27. The van der Waals surface area contributed by atoms with Crippen molar-refractivity contribution in [1.82, 2.24) is 0 Å². The Kier molecular flexibility index (Phi) is 1.50. The first-order valence-electron chi connectivity index (χ1n) is 4.33. The van der Waals surface area contributed by atoms with Crippen LogP contribution in [0.2, 0.25) is 0 Å². The van der Waals surface area contributed by atoms with E-state index in [1.165, 1.54) is 19.3 Å². The van der Waals surface area contributed by atoms with Gasteiger partial charge < -0.3 is 5.11 Å². The molecule has 62 valence electrons. The summed E-state index contributed by atoms with van der Waals surface area (Å²) in [7, 11) is 0. The lowest BCUT2D eigenvalue weighted by Gasteiger charge is -2.35. The van der Waals surface area contributed by atoms with Gasteiger partial charge in [-0.1, -0.05) is 0 Å². The van der Waals surface area contributed by atoms with E-state index in [2.05, 4.69) is 23.5 Å². The maximum atomic E-state index is 9.84. The van der Waals surface area contributed by atoms with Gasteiger partial charge in [-0.25, -0.2) is 0 Å². The molecule has 1 nitrogen and oxygen atoms in total. The second-order valence-electron chi connectivity index (χ2n) is 3.73. The van der Waals surface area contributed by atoms with Gasteiger partial charge in [0.25, 0.3) is 0 Å². The average molecular weight is 188 g/mol. The SMILES string of the molecule is OC1[C@@H]2C[C@H]3S[C@H]1CC[C@H]3S2. The van der Waals surface area contributed by atoms with Crippen molar-refractivity contribution in [3.63, 3.8) is 0 Å². The van der Waals surface area contributed by atoms with Gasteiger partial charge in [0.15, 0.2) is 0 Å². The predicted octanol–water partition coefficient (Wildman–Crippen LogP) is 1.50. The number of hydrogen-bond acceptors (Lipinski definition) is 3. The van der Waals surface area contributed by atoms with E-state index in [1.54, 1.807) is 0 Å². The number of aliphatic hydroxyl groups is 1. The van der Waals surface area contributed by atoms with Crippen molar-refractivity contribution in [2.45, 2.75) is 46.4 Å². The predicted molar refractivity (Wildman–Crippen MR) is 50.2 cm³/mol. The van der Waals surface area contributed by atoms with Crippen molar-refractivity contribution < 1.29 is 5.11 Å². The third kappa shape index (κ3) is 0.909. The smallest absolute Gasteiger partial charge is 0.0777 e. The third-order valence-corrected chi connectivity index (χ3v) is 6.72. The fraction of sp³-hybridized carbons (Fsp3) is 1.00. The minimum absolute atomic E-state index is 0.00810. The third-order valence-electron chi connectivity index (χ3n) is 3.08. The zero-order chi connectivity index (χ0) is 7.42. The Morgan fingerprint density at radius 3 is 2.55 bits per heavy atom. The topological polar surface area (TPSA) is 20.2 Å². The highest BCUT2D eigenvalue weighted by Gasteiger charge is 2.50. The number of fused-ring (bicyclic) bond motifs is 2. The summed E-state index contributed by atoms with van der Waals surface area (Å²) >= 11 is 4.12. The van der Waals surface area contributed by atoms with Gasteiger partial charge in [-0.3, -0.25) is 0 Å². The molecule has 0 spiro atoms. The standard InChI is InChI=1S/C8H12OS2/c9-8-5-2-1-4-6(11-5)3-7(8)10-4/h4-9H,1-3H2/t4-,5+,6-,7+,8?/m1/s1. The molecule has 5 atom stereocenters. The molecule has 0 aromatic rings. The lowest BCUT2D eigenvalue weighted by Crippen LogP contribution is -2.40. The summed E-state index contributed by atoms with van der Waals surface area (Å²) < 4.78 is 0. The Hall–Kier alpha value is 0.660. The molecular weight excluding hydrogens is 176 g/mol. The van der Waals surface area contributed by atoms with Gasteiger partial charge in [-0.05, 0) is 19.3 Å². The quantitative estimate of drug-likeness (QED) is 0.622. The van der Waals surface area contributed by atoms with Crippen molar-refractivity contribution >= 4 is 23.5 Å². The van der Waals surface area contributed by atoms with E-state index in [4.69, 9.17) is 0 Å². The molecule has 3 aliphatic rings. The molecule has 3 saturated heterocycles. The molecule has 3 heterocycles. The van der Waals surface area contributed by atoms with Crippen LogP contribution in [0.15, 0.2) is 0 Å². The maximum absolute atomic E-state index is 9.84. The fourth-order valence-corrected chi connectivity index (χ4v) is 6.46. The summed E-state index contributed by atoms with van der Waals surface area (Å²) in [6.07, 6.45) is 3.91. The van der Waals surface area contributed by atoms with E-state index in [9.17, 15) is 5.11 Å². The Morgan fingerprint density at radius 2 is 1.64 bits per heavy atom. The summed E-state index contributed by atoms with van der Waals surface area (Å²) in [4.78, 5) is 0. The molecular formula is C8H12OS2. The summed E-state index contributed by atoms with van der Waals surface area (Å²) in [5, 5.41) is 12.8. The highest BCUT2D eigenvalue weighted by atomic mass is 32.2. The Bertz CT molecular complexity index is 177. The molecule has 0 aliphatic carbocycles. The Morgan fingerprint density at radius 1 is 0.909 bits per heavy atom. The van der Waals surface area contributed by atoms with Gasteiger partial charge in [0.2, 0.25) is 0 Å². The van der Waals surface area contributed by atoms with E-state index in [1.807, 2.05) is 0 Å². The van der Waals surface area contributed by atoms with Gasteiger partial charge in [0.1, 0.15) is 0 Å². The van der Waals surface area contributed by atoms with Crippen LogP contribution >= 0.6 is 23.5 Å². The van der Waals surface area contributed by atoms with Gasteiger partial charge in [0.05, 0.1) is 6.10 Å². The van der Waals surface area contributed by atoms with Crippen LogP contribution in [0.5, 0.6) is 0 Å². The van der Waals surface area contributed by atoms with Crippen molar-refractivity contribution in [3.8, 4) is 0 Å². The molecule has 11 heavy (non-hydrogen) atoms. The van der Waals surface area contributed by atoms with Crippen LogP contribution in [0.1, 0.15) is 19.3 Å². The van der Waals surface area contributed by atoms with Gasteiger partial charge in [-0.15, -0.1) is 0 Å². The maximum Gasteiger partial charge on any atom is 0.0777 e. The van der Waals surface area contributed by atoms with Gasteiger partial charge in [-0.2, -0.15) is 23.5 Å². The molecule has 3 fully saturated rings. The van der Waals surface area contributed by atoms with Crippen LogP contribution in [0.4, 0.5) is 0 Å². The summed E-state index contributed by atoms with van der Waals surface area (Å²) in [6, 6.07) is 0. The lowest BCUT2D eigenvalue weighted by atomic mass is 9.97. The molecule has 0 saturated carbocycles. The summed E-state index contributed by atoms with van der Waals surface area (Å²) in [5.74, 6) is 0. The number of rotatable bonds is 0. The zero-order valence-corrected chi connectivity index (χ0v) is 7.90. The fourth-order valence-electron chi connectivity index (χ4n) is 2.48. The Labute approximate surface area is 75.3 Å². The molecule has 3 aliphatic heterocycles. The second-order valence-corrected chi connectivity index (χ2v) is 6.70. The van der Waals surface area contributed by atoms with Crippen molar-refractivity contribution in [2.75, 3.05) is 0 Å². The molecule has 1 unspecified atom stereocenters. The van der Waals surface area contributed by atoms with Crippen LogP contribution in [0.25, 0.3) is 0 Å². The monoisotopic (exact) mass is 188 g/mol. The van der Waals surface area contributed by atoms with Crippen LogP contribution in [-0.2, 0) is 0 Å². The normalized spacial score (nSPS) is 60.3. The lowest BCUT2D eigenvalue weighted by molar-refractivity contribution is 0.155. The molecule has 0 aromatic heterocycles. The van der Waals surface area contributed by atoms with E-state index in [-0.39, 0.29) is 6.10 Å². The van der Waals surface area contributed by atoms with E-state index < -0.39 is 0 Å². The Balaban J connectivity index is 1.95. The van der Waals surface area contributed by atoms with Gasteiger partial charge >= 0.3 is 0 Å². The molecule has 1 N–H and O–H groups in total. The first-order chi connectivity index (χ1) is 5.34. The number of thioether (sulfide) groups is 2. The van der Waals surface area contributed by atoms with Crippen LogP contribution in [0.3, 0.4) is 0 Å². The molecule has 0 aromatic carbocycles. The molecule has 0 amide bonds. The first-order valence-corrected chi connectivity index (χ1v) is 6.22. The largest absolute Gasteiger partial charge is 0.391 e. The van der Waals surface area contributed by atoms with Crippen molar-refractivity contribution in [1.29, 1.82) is 0 Å². The van der Waals surface area contributed by atoms with Crippen LogP contribution in [0, 0.1) is 0 Å². The molecule has 3 rings (SSSR count). The van der Waals surface area contributed by atoms with Crippen LogP contribution in [-0.4, -0.2) is 32.2 Å². The minimum atomic E-state index is 0.00810. The second kappa shape index (κ2) is 2.33. The minimum Gasteiger partial charge on any atom is -0.391 e. The van der Waals surface area contributed by atoms with E-state index in [0.717, 1.165) is 10.5 Å². The average Bonchev–Trinajstić information content (AvgIpc) is 2.33. The highest BCUT2D eigenvalue weighted by Crippen LogP contribution is 2.55. The first kappa shape index (κ1) is 7.10. The van der Waals surface area contributed by atoms with E-state index >= 15 is 0 Å². The molecule has 0 radical (unpaired) electrons. The molecule has 3 bridgehead atoms. The van der Waals surface area contributed by atoms with Crippen molar-refractivity contribution in [2.24, 2.45) is 0 Å². The number of aliphatic hydroxyl groups excluding tert-OH is 1. The highest BCUT2D eigenvalue weighted by molar-refractivity contribution is 8.06. The summed E-state index contributed by atoms with van der Waals surface area (Å²) in [6.45, 7) is 0. The van der Waals surface area contributed by atoms with Crippen LogP contribution < -0.4 is 0 Å². The van der Waals surface area contributed by atoms with Crippen molar-refractivity contribution in [3.05, 3.63) is 0 Å². The number of hydrogen-bond donors (Lipinski definition) is 1. The summed E-state index contributed by atoms with van der Waals surface area (Å²) in [5.41, 5.74) is 0. The van der Waals surface area contributed by atoms with E-state index in [0.29, 0.717) is 10.5 Å².